The monoisotopic (exact) mass is 313 g/mol. The van der Waals surface area contributed by atoms with E-state index in [0.29, 0.717) is 11.8 Å². The summed E-state index contributed by atoms with van der Waals surface area (Å²) in [6.45, 7) is 11.0. The average molecular weight is 314 g/mol. The number of hydrogen-bond acceptors (Lipinski definition) is 2. The quantitative estimate of drug-likeness (QED) is 0.856. The van der Waals surface area contributed by atoms with E-state index in [0.717, 1.165) is 28.8 Å². The van der Waals surface area contributed by atoms with Gasteiger partial charge in [0.05, 0.1) is 6.61 Å². The Morgan fingerprint density at radius 1 is 1.11 bits per heavy atom. The second-order valence-electron chi connectivity index (χ2n) is 5.62. The van der Waals surface area contributed by atoms with Crippen LogP contribution in [0.25, 0.3) is 0 Å². The molecular formula is C15H24BrNO. The normalized spacial score (nSPS) is 11.3. The smallest absolute Gasteiger partial charge is 0.0702 e. The fraction of sp³-hybridized carbons (Fsp3) is 0.600. The van der Waals surface area contributed by atoms with E-state index in [4.69, 9.17) is 0 Å². The lowest BCUT2D eigenvalue weighted by Gasteiger charge is -2.30. The predicted molar refractivity (Wildman–Crippen MR) is 82.0 cm³/mol. The van der Waals surface area contributed by atoms with Crippen molar-refractivity contribution in [2.24, 2.45) is 11.8 Å². The highest BCUT2D eigenvalue weighted by molar-refractivity contribution is 9.10. The van der Waals surface area contributed by atoms with Gasteiger partial charge in [0, 0.05) is 28.8 Å². The molecule has 1 aromatic rings. The van der Waals surface area contributed by atoms with Crippen molar-refractivity contribution in [3.8, 4) is 0 Å². The molecule has 0 amide bonds. The van der Waals surface area contributed by atoms with Crippen LogP contribution in [0.15, 0.2) is 22.7 Å². The highest BCUT2D eigenvalue weighted by Gasteiger charge is 2.14. The Morgan fingerprint density at radius 2 is 1.67 bits per heavy atom. The number of anilines is 1. The second kappa shape index (κ2) is 7.15. The minimum atomic E-state index is 0.0848. The van der Waals surface area contributed by atoms with E-state index in [2.05, 4.69) is 54.6 Å². The van der Waals surface area contributed by atoms with Crippen molar-refractivity contribution in [3.05, 3.63) is 28.2 Å². The Balaban J connectivity index is 3.03. The van der Waals surface area contributed by atoms with Crippen LogP contribution in [0.1, 0.15) is 33.3 Å². The molecule has 3 heteroatoms. The van der Waals surface area contributed by atoms with Gasteiger partial charge in [0.2, 0.25) is 0 Å². The molecular weight excluding hydrogens is 290 g/mol. The van der Waals surface area contributed by atoms with Crippen LogP contribution in [0.2, 0.25) is 0 Å². The van der Waals surface area contributed by atoms with E-state index in [-0.39, 0.29) is 6.61 Å². The second-order valence-corrected chi connectivity index (χ2v) is 6.54. The molecule has 1 N–H and O–H groups in total. The van der Waals surface area contributed by atoms with Crippen LogP contribution in [0.4, 0.5) is 5.69 Å². The number of rotatable bonds is 6. The van der Waals surface area contributed by atoms with Crippen molar-refractivity contribution in [2.75, 3.05) is 18.0 Å². The Labute approximate surface area is 119 Å². The number of aliphatic hydroxyl groups is 1. The van der Waals surface area contributed by atoms with Gasteiger partial charge in [0.25, 0.3) is 0 Å². The molecule has 0 aliphatic rings. The number of hydrogen-bond donors (Lipinski definition) is 1. The van der Waals surface area contributed by atoms with Gasteiger partial charge in [0.15, 0.2) is 0 Å². The van der Waals surface area contributed by atoms with E-state index in [1.54, 1.807) is 0 Å². The summed E-state index contributed by atoms with van der Waals surface area (Å²) in [6, 6.07) is 6.14. The minimum absolute atomic E-state index is 0.0848. The summed E-state index contributed by atoms with van der Waals surface area (Å²) in [6.07, 6.45) is 0. The maximum absolute atomic E-state index is 9.51. The minimum Gasteiger partial charge on any atom is -0.392 e. The van der Waals surface area contributed by atoms with Crippen LogP contribution in [-0.4, -0.2) is 18.2 Å². The zero-order valence-corrected chi connectivity index (χ0v) is 13.4. The molecule has 0 bridgehead atoms. The van der Waals surface area contributed by atoms with Gasteiger partial charge in [-0.25, -0.2) is 0 Å². The predicted octanol–water partition coefficient (Wildman–Crippen LogP) is 4.06. The molecule has 0 aromatic heterocycles. The standard InChI is InChI=1S/C15H24BrNO/c1-11(2)8-17(9-12(3)4)15-6-5-14(16)7-13(15)10-18/h5-7,11-12,18H,8-10H2,1-4H3. The molecule has 0 aliphatic carbocycles. The van der Waals surface area contributed by atoms with Crippen LogP contribution < -0.4 is 4.90 Å². The van der Waals surface area contributed by atoms with Gasteiger partial charge < -0.3 is 10.0 Å². The Morgan fingerprint density at radius 3 is 2.11 bits per heavy atom. The first-order valence-corrected chi connectivity index (χ1v) is 7.37. The number of aliphatic hydroxyl groups excluding tert-OH is 1. The maximum Gasteiger partial charge on any atom is 0.0702 e. The van der Waals surface area contributed by atoms with Gasteiger partial charge in [-0.05, 0) is 30.0 Å². The summed E-state index contributed by atoms with van der Waals surface area (Å²) in [5, 5.41) is 9.51. The zero-order chi connectivity index (χ0) is 13.7. The van der Waals surface area contributed by atoms with Gasteiger partial charge in [-0.3, -0.25) is 0 Å². The van der Waals surface area contributed by atoms with Crippen LogP contribution in [0, 0.1) is 11.8 Å². The highest BCUT2D eigenvalue weighted by atomic mass is 79.9. The summed E-state index contributed by atoms with van der Waals surface area (Å²) >= 11 is 3.46. The molecule has 1 aromatic carbocycles. The van der Waals surface area contributed by atoms with E-state index < -0.39 is 0 Å². The SMILES string of the molecule is CC(C)CN(CC(C)C)c1ccc(Br)cc1CO. The highest BCUT2D eigenvalue weighted by Crippen LogP contribution is 2.26. The van der Waals surface area contributed by atoms with Crippen molar-refractivity contribution >= 4 is 21.6 Å². The average Bonchev–Trinajstić information content (AvgIpc) is 2.26. The van der Waals surface area contributed by atoms with Crippen LogP contribution in [-0.2, 0) is 6.61 Å². The lowest BCUT2D eigenvalue weighted by Crippen LogP contribution is -2.32. The van der Waals surface area contributed by atoms with E-state index in [1.165, 1.54) is 0 Å². The molecule has 102 valence electrons. The third-order valence-electron chi connectivity index (χ3n) is 2.72. The molecule has 0 heterocycles. The van der Waals surface area contributed by atoms with Gasteiger partial charge in [-0.15, -0.1) is 0 Å². The zero-order valence-electron chi connectivity index (χ0n) is 11.8. The fourth-order valence-electron chi connectivity index (χ4n) is 2.14. The summed E-state index contributed by atoms with van der Waals surface area (Å²) in [7, 11) is 0. The molecule has 0 atom stereocenters. The van der Waals surface area contributed by atoms with Crippen molar-refractivity contribution in [3.63, 3.8) is 0 Å². The van der Waals surface area contributed by atoms with Crippen LogP contribution in [0.3, 0.4) is 0 Å². The molecule has 0 unspecified atom stereocenters. The summed E-state index contributed by atoms with van der Waals surface area (Å²) in [5.74, 6) is 1.22. The molecule has 0 saturated carbocycles. The van der Waals surface area contributed by atoms with Crippen LogP contribution >= 0.6 is 15.9 Å². The molecule has 0 aliphatic heterocycles. The molecule has 2 nitrogen and oxygen atoms in total. The lowest BCUT2D eigenvalue weighted by molar-refractivity contribution is 0.281. The Hall–Kier alpha value is -0.540. The van der Waals surface area contributed by atoms with E-state index in [9.17, 15) is 5.11 Å². The fourth-order valence-corrected chi connectivity index (χ4v) is 2.55. The largest absolute Gasteiger partial charge is 0.392 e. The number of nitrogens with zero attached hydrogens (tertiary/aromatic N) is 1. The van der Waals surface area contributed by atoms with Gasteiger partial charge in [-0.2, -0.15) is 0 Å². The third-order valence-corrected chi connectivity index (χ3v) is 3.22. The first-order chi connectivity index (χ1) is 8.43. The molecule has 18 heavy (non-hydrogen) atoms. The van der Waals surface area contributed by atoms with Crippen molar-refractivity contribution in [2.45, 2.75) is 34.3 Å². The summed E-state index contributed by atoms with van der Waals surface area (Å²) in [4.78, 5) is 2.38. The molecule has 0 fully saturated rings. The van der Waals surface area contributed by atoms with E-state index >= 15 is 0 Å². The number of halogens is 1. The Kier molecular flexibility index (Phi) is 6.16. The third kappa shape index (κ3) is 4.62. The Bertz CT molecular complexity index is 367. The molecule has 1 rings (SSSR count). The van der Waals surface area contributed by atoms with Crippen molar-refractivity contribution < 1.29 is 5.11 Å². The van der Waals surface area contributed by atoms with Gasteiger partial charge in [-0.1, -0.05) is 43.6 Å². The first-order valence-electron chi connectivity index (χ1n) is 6.58. The molecule has 0 spiro atoms. The van der Waals surface area contributed by atoms with E-state index in [1.807, 2.05) is 12.1 Å². The van der Waals surface area contributed by atoms with Crippen LogP contribution in [0.5, 0.6) is 0 Å². The topological polar surface area (TPSA) is 23.5 Å². The van der Waals surface area contributed by atoms with Gasteiger partial charge in [0.1, 0.15) is 0 Å². The first kappa shape index (κ1) is 15.5. The lowest BCUT2D eigenvalue weighted by atomic mass is 10.1. The summed E-state index contributed by atoms with van der Waals surface area (Å²) < 4.78 is 1.02. The maximum atomic E-state index is 9.51. The molecule has 0 radical (unpaired) electrons. The van der Waals surface area contributed by atoms with Crippen molar-refractivity contribution in [1.29, 1.82) is 0 Å². The summed E-state index contributed by atoms with van der Waals surface area (Å²) in [5.41, 5.74) is 2.15. The number of benzene rings is 1. The van der Waals surface area contributed by atoms with Gasteiger partial charge >= 0.3 is 0 Å². The van der Waals surface area contributed by atoms with Crippen molar-refractivity contribution in [1.82, 2.24) is 0 Å². The molecule has 0 saturated heterocycles.